The SMILES string of the molecule is Cc1cc2c(NC3(C(=O)O)CCCCC3)ncnc2s1. The summed E-state index contributed by atoms with van der Waals surface area (Å²) in [7, 11) is 0. The molecule has 0 amide bonds. The molecule has 0 aromatic carbocycles. The van der Waals surface area contributed by atoms with E-state index in [0.717, 1.165) is 34.4 Å². The van der Waals surface area contributed by atoms with Gasteiger partial charge in [-0.2, -0.15) is 0 Å². The van der Waals surface area contributed by atoms with Crippen molar-refractivity contribution in [1.29, 1.82) is 0 Å². The molecule has 5 nitrogen and oxygen atoms in total. The van der Waals surface area contributed by atoms with Gasteiger partial charge in [-0.15, -0.1) is 11.3 Å². The predicted octanol–water partition coefficient (Wildman–Crippen LogP) is 3.20. The number of carboxylic acid groups (broad SMARTS) is 1. The van der Waals surface area contributed by atoms with Gasteiger partial charge in [0.1, 0.15) is 22.5 Å². The summed E-state index contributed by atoms with van der Waals surface area (Å²) in [5.74, 6) is -0.139. The predicted molar refractivity (Wildman–Crippen MR) is 79.2 cm³/mol. The third kappa shape index (κ3) is 2.24. The van der Waals surface area contributed by atoms with E-state index in [2.05, 4.69) is 15.3 Å². The number of rotatable bonds is 3. The van der Waals surface area contributed by atoms with E-state index in [0.29, 0.717) is 18.7 Å². The van der Waals surface area contributed by atoms with Crippen molar-refractivity contribution in [3.8, 4) is 0 Å². The summed E-state index contributed by atoms with van der Waals surface area (Å²) in [6.07, 6.45) is 5.78. The maximum absolute atomic E-state index is 11.7. The van der Waals surface area contributed by atoms with Crippen molar-refractivity contribution in [3.63, 3.8) is 0 Å². The van der Waals surface area contributed by atoms with Crippen molar-refractivity contribution < 1.29 is 9.90 Å². The van der Waals surface area contributed by atoms with Gasteiger partial charge < -0.3 is 10.4 Å². The number of carboxylic acids is 1. The molecule has 20 heavy (non-hydrogen) atoms. The van der Waals surface area contributed by atoms with Crippen LogP contribution in [-0.4, -0.2) is 26.6 Å². The van der Waals surface area contributed by atoms with Gasteiger partial charge in [0.25, 0.3) is 0 Å². The number of thiophene rings is 1. The molecule has 6 heteroatoms. The third-order valence-electron chi connectivity index (χ3n) is 3.93. The molecule has 106 valence electrons. The molecule has 0 spiro atoms. The Labute approximate surface area is 121 Å². The molecule has 1 aliphatic rings. The molecule has 0 saturated heterocycles. The van der Waals surface area contributed by atoms with Crippen molar-refractivity contribution in [3.05, 3.63) is 17.3 Å². The molecule has 0 bridgehead atoms. The number of hydrogen-bond donors (Lipinski definition) is 2. The number of anilines is 1. The highest BCUT2D eigenvalue weighted by Crippen LogP contribution is 2.35. The first-order valence-electron chi connectivity index (χ1n) is 6.83. The molecule has 0 atom stereocenters. The second-order valence-corrected chi connectivity index (χ2v) is 6.61. The lowest BCUT2D eigenvalue weighted by molar-refractivity contribution is -0.143. The Kier molecular flexibility index (Phi) is 3.33. The lowest BCUT2D eigenvalue weighted by Gasteiger charge is -2.34. The van der Waals surface area contributed by atoms with Gasteiger partial charge >= 0.3 is 5.97 Å². The summed E-state index contributed by atoms with van der Waals surface area (Å²) in [6.45, 7) is 2.02. The van der Waals surface area contributed by atoms with Crippen molar-refractivity contribution in [1.82, 2.24) is 9.97 Å². The van der Waals surface area contributed by atoms with Gasteiger partial charge in [0.2, 0.25) is 0 Å². The average molecular weight is 291 g/mol. The lowest BCUT2D eigenvalue weighted by atomic mass is 9.81. The second-order valence-electron chi connectivity index (χ2n) is 5.37. The first-order valence-corrected chi connectivity index (χ1v) is 7.65. The van der Waals surface area contributed by atoms with Crippen molar-refractivity contribution in [2.75, 3.05) is 5.32 Å². The van der Waals surface area contributed by atoms with Gasteiger partial charge in [-0.05, 0) is 25.8 Å². The molecular formula is C14H17N3O2S. The van der Waals surface area contributed by atoms with Gasteiger partial charge in [-0.25, -0.2) is 14.8 Å². The molecule has 2 heterocycles. The Balaban J connectivity index is 2.00. The summed E-state index contributed by atoms with van der Waals surface area (Å²) in [5, 5.41) is 13.7. The largest absolute Gasteiger partial charge is 0.480 e. The Morgan fingerprint density at radius 2 is 2.10 bits per heavy atom. The molecule has 0 unspecified atom stereocenters. The van der Waals surface area contributed by atoms with Gasteiger partial charge in [-0.3, -0.25) is 0 Å². The quantitative estimate of drug-likeness (QED) is 0.908. The van der Waals surface area contributed by atoms with Gasteiger partial charge in [-0.1, -0.05) is 19.3 Å². The zero-order valence-electron chi connectivity index (χ0n) is 11.3. The number of carbonyl (C=O) groups is 1. The monoisotopic (exact) mass is 291 g/mol. The fourth-order valence-electron chi connectivity index (χ4n) is 2.85. The van der Waals surface area contributed by atoms with Crippen molar-refractivity contribution in [2.45, 2.75) is 44.6 Å². The zero-order chi connectivity index (χ0) is 14.2. The zero-order valence-corrected chi connectivity index (χ0v) is 12.2. The fourth-order valence-corrected chi connectivity index (χ4v) is 3.70. The summed E-state index contributed by atoms with van der Waals surface area (Å²) >= 11 is 1.60. The summed E-state index contributed by atoms with van der Waals surface area (Å²) in [4.78, 5) is 22.3. The Bertz CT molecular complexity index is 647. The summed E-state index contributed by atoms with van der Waals surface area (Å²) < 4.78 is 0. The average Bonchev–Trinajstić information content (AvgIpc) is 2.81. The number of aryl methyl sites for hydroxylation is 1. The van der Waals surface area contributed by atoms with Crippen LogP contribution in [0.1, 0.15) is 37.0 Å². The highest BCUT2D eigenvalue weighted by molar-refractivity contribution is 7.18. The molecule has 2 aromatic rings. The van der Waals surface area contributed by atoms with Crippen molar-refractivity contribution >= 4 is 33.3 Å². The maximum Gasteiger partial charge on any atom is 0.329 e. The summed E-state index contributed by atoms with van der Waals surface area (Å²) in [5.41, 5.74) is -0.880. The van der Waals surface area contributed by atoms with E-state index in [-0.39, 0.29) is 0 Å². The van der Waals surface area contributed by atoms with Crippen LogP contribution in [-0.2, 0) is 4.79 Å². The van der Waals surface area contributed by atoms with E-state index < -0.39 is 11.5 Å². The highest BCUT2D eigenvalue weighted by Gasteiger charge is 2.40. The first kappa shape index (κ1) is 13.3. The van der Waals surface area contributed by atoms with Crippen LogP contribution in [0.3, 0.4) is 0 Å². The molecule has 3 rings (SSSR count). The molecule has 0 radical (unpaired) electrons. The smallest absolute Gasteiger partial charge is 0.329 e. The summed E-state index contributed by atoms with van der Waals surface area (Å²) in [6, 6.07) is 2.01. The number of nitrogens with one attached hydrogen (secondary N) is 1. The van der Waals surface area contributed by atoms with Crippen LogP contribution < -0.4 is 5.32 Å². The Morgan fingerprint density at radius 1 is 1.35 bits per heavy atom. The van der Waals surface area contributed by atoms with Crippen LogP contribution in [0.15, 0.2) is 12.4 Å². The minimum atomic E-state index is -0.880. The number of nitrogens with zero attached hydrogens (tertiary/aromatic N) is 2. The number of fused-ring (bicyclic) bond motifs is 1. The second kappa shape index (κ2) is 5.01. The fraction of sp³-hybridized carbons (Fsp3) is 0.500. The molecule has 2 N–H and O–H groups in total. The molecule has 1 saturated carbocycles. The van der Waals surface area contributed by atoms with E-state index in [9.17, 15) is 9.90 Å². The van der Waals surface area contributed by atoms with Crippen LogP contribution >= 0.6 is 11.3 Å². The van der Waals surface area contributed by atoms with Gasteiger partial charge in [0.15, 0.2) is 0 Å². The minimum Gasteiger partial charge on any atom is -0.480 e. The number of aliphatic carboxylic acids is 1. The van der Waals surface area contributed by atoms with E-state index >= 15 is 0 Å². The standard InChI is InChI=1S/C14H17N3O2S/c1-9-7-10-11(15-8-16-12(10)20-9)17-14(13(18)19)5-3-2-4-6-14/h7-8H,2-6H2,1H3,(H,18,19)(H,15,16,17). The van der Waals surface area contributed by atoms with E-state index in [1.165, 1.54) is 6.33 Å². The lowest BCUT2D eigenvalue weighted by Crippen LogP contribution is -2.48. The van der Waals surface area contributed by atoms with Gasteiger partial charge in [0.05, 0.1) is 5.39 Å². The number of hydrogen-bond acceptors (Lipinski definition) is 5. The van der Waals surface area contributed by atoms with Gasteiger partial charge in [0, 0.05) is 4.88 Å². The molecule has 0 aliphatic heterocycles. The van der Waals surface area contributed by atoms with Crippen LogP contribution in [0.25, 0.3) is 10.2 Å². The highest BCUT2D eigenvalue weighted by atomic mass is 32.1. The van der Waals surface area contributed by atoms with Crippen LogP contribution in [0.2, 0.25) is 0 Å². The van der Waals surface area contributed by atoms with E-state index in [1.807, 2.05) is 13.0 Å². The normalized spacial score (nSPS) is 18.1. The van der Waals surface area contributed by atoms with E-state index in [1.54, 1.807) is 11.3 Å². The molecule has 1 aliphatic carbocycles. The van der Waals surface area contributed by atoms with E-state index in [4.69, 9.17) is 0 Å². The molecule has 2 aromatic heterocycles. The Hall–Kier alpha value is -1.69. The first-order chi connectivity index (χ1) is 9.61. The van der Waals surface area contributed by atoms with Crippen molar-refractivity contribution in [2.24, 2.45) is 0 Å². The van der Waals surface area contributed by atoms with Crippen LogP contribution in [0, 0.1) is 6.92 Å². The minimum absolute atomic E-state index is 0.642. The molecular weight excluding hydrogens is 274 g/mol. The van der Waals surface area contributed by atoms with Crippen LogP contribution in [0.4, 0.5) is 5.82 Å². The number of aromatic nitrogens is 2. The maximum atomic E-state index is 11.7. The molecule has 1 fully saturated rings. The third-order valence-corrected chi connectivity index (χ3v) is 4.89. The van der Waals surface area contributed by atoms with Crippen LogP contribution in [0.5, 0.6) is 0 Å². The Morgan fingerprint density at radius 3 is 2.80 bits per heavy atom. The topological polar surface area (TPSA) is 75.1 Å².